The van der Waals surface area contributed by atoms with E-state index in [0.717, 1.165) is 41.3 Å². The number of benzene rings is 1. The summed E-state index contributed by atoms with van der Waals surface area (Å²) in [7, 11) is 4.23. The van der Waals surface area contributed by atoms with E-state index in [4.69, 9.17) is 4.74 Å². The molecule has 1 N–H and O–H groups in total. The van der Waals surface area contributed by atoms with Crippen molar-refractivity contribution in [1.82, 2.24) is 19.7 Å². The van der Waals surface area contributed by atoms with Gasteiger partial charge in [0, 0.05) is 40.4 Å². The Morgan fingerprint density at radius 1 is 1.00 bits per heavy atom. The third-order valence-electron chi connectivity index (χ3n) is 5.66. The number of hydrogen-bond acceptors (Lipinski definition) is 5. The Bertz CT molecular complexity index is 975. The molecule has 1 aromatic carbocycles. The van der Waals surface area contributed by atoms with Crippen LogP contribution in [0.2, 0.25) is 0 Å². The van der Waals surface area contributed by atoms with Gasteiger partial charge in [-0.1, -0.05) is 6.92 Å². The van der Waals surface area contributed by atoms with Gasteiger partial charge in [0.25, 0.3) is 0 Å². The second kappa shape index (κ2) is 8.82. The van der Waals surface area contributed by atoms with Crippen molar-refractivity contribution in [2.45, 2.75) is 47.1 Å². The smallest absolute Gasteiger partial charge is 0.158 e. The number of nitrogens with one attached hydrogen (secondary N) is 1. The Morgan fingerprint density at radius 2 is 1.66 bits per heavy atom. The molecule has 0 bridgehead atoms. The maximum atomic E-state index is 5.60. The number of ether oxygens (including phenoxy) is 1. The first-order chi connectivity index (χ1) is 13.9. The number of likely N-dealkylation sites (N-methyl/N-ethyl adjacent to an activating group) is 1. The van der Waals surface area contributed by atoms with Crippen molar-refractivity contribution in [3.05, 3.63) is 41.3 Å². The number of aromatic nitrogens is 3. The summed E-state index contributed by atoms with van der Waals surface area (Å²) < 4.78 is 7.88. The molecule has 6 heteroatoms. The lowest BCUT2D eigenvalue weighted by atomic mass is 10.1. The Kier molecular flexibility index (Phi) is 6.42. The molecule has 1 unspecified atom stereocenters. The number of nitrogens with zero attached hydrogens (tertiary/aromatic N) is 4. The van der Waals surface area contributed by atoms with Gasteiger partial charge < -0.3 is 19.5 Å². The first-order valence-electron chi connectivity index (χ1n) is 10.4. The molecule has 3 aromatic rings. The van der Waals surface area contributed by atoms with Crippen LogP contribution in [0.1, 0.15) is 37.4 Å². The zero-order chi connectivity index (χ0) is 21.1. The van der Waals surface area contributed by atoms with Crippen molar-refractivity contribution in [2.75, 3.05) is 32.6 Å². The van der Waals surface area contributed by atoms with Gasteiger partial charge in [0.15, 0.2) is 5.82 Å². The lowest BCUT2D eigenvalue weighted by Gasteiger charge is -2.23. The van der Waals surface area contributed by atoms with Crippen LogP contribution < -0.4 is 10.1 Å². The summed E-state index contributed by atoms with van der Waals surface area (Å²) in [6.07, 6.45) is 1.08. The Morgan fingerprint density at radius 3 is 2.24 bits per heavy atom. The summed E-state index contributed by atoms with van der Waals surface area (Å²) in [4.78, 5) is 2.25. The van der Waals surface area contributed by atoms with E-state index >= 15 is 0 Å². The van der Waals surface area contributed by atoms with Crippen LogP contribution in [0.25, 0.3) is 16.5 Å². The molecule has 6 nitrogen and oxygen atoms in total. The fourth-order valence-electron chi connectivity index (χ4n) is 4.07. The number of rotatable bonds is 8. The van der Waals surface area contributed by atoms with E-state index in [1.807, 2.05) is 26.0 Å². The van der Waals surface area contributed by atoms with Crippen molar-refractivity contribution in [3.8, 4) is 11.4 Å². The molecule has 0 saturated heterocycles. The van der Waals surface area contributed by atoms with Crippen LogP contribution in [-0.2, 0) is 0 Å². The van der Waals surface area contributed by atoms with Gasteiger partial charge in [-0.25, -0.2) is 0 Å². The minimum atomic E-state index is 0.447. The largest absolute Gasteiger partial charge is 0.494 e. The van der Waals surface area contributed by atoms with Gasteiger partial charge in [-0.05, 0) is 72.5 Å². The number of anilines is 1. The van der Waals surface area contributed by atoms with E-state index in [-0.39, 0.29) is 0 Å². The minimum Gasteiger partial charge on any atom is -0.494 e. The predicted molar refractivity (Wildman–Crippen MR) is 121 cm³/mol. The molecule has 2 aromatic heterocycles. The fraction of sp³-hybridized carbons (Fsp3) is 0.478. The van der Waals surface area contributed by atoms with Gasteiger partial charge in [-0.3, -0.25) is 0 Å². The van der Waals surface area contributed by atoms with Gasteiger partial charge in [-0.2, -0.15) is 5.10 Å². The Balaban J connectivity index is 2.06. The molecule has 0 aliphatic carbocycles. The quantitative estimate of drug-likeness (QED) is 0.609. The summed E-state index contributed by atoms with van der Waals surface area (Å²) in [5.74, 6) is 1.75. The third-order valence-corrected chi connectivity index (χ3v) is 5.66. The van der Waals surface area contributed by atoms with Gasteiger partial charge >= 0.3 is 0 Å². The normalized spacial score (nSPS) is 12.6. The van der Waals surface area contributed by atoms with E-state index in [9.17, 15) is 0 Å². The van der Waals surface area contributed by atoms with E-state index in [1.165, 1.54) is 16.8 Å². The second-order valence-corrected chi connectivity index (χ2v) is 7.72. The molecular formula is C23H33N5O. The number of hydrogen-bond donors (Lipinski definition) is 1. The van der Waals surface area contributed by atoms with Crippen LogP contribution in [-0.4, -0.2) is 53.0 Å². The minimum absolute atomic E-state index is 0.447. The van der Waals surface area contributed by atoms with Gasteiger partial charge in [0.1, 0.15) is 5.75 Å². The molecule has 0 saturated carbocycles. The van der Waals surface area contributed by atoms with Crippen LogP contribution in [0.5, 0.6) is 5.75 Å². The highest BCUT2D eigenvalue weighted by Gasteiger charge is 2.20. The van der Waals surface area contributed by atoms with Crippen LogP contribution in [0, 0.1) is 20.8 Å². The molecule has 0 amide bonds. The molecule has 0 aliphatic rings. The fourth-order valence-corrected chi connectivity index (χ4v) is 4.07. The lowest BCUT2D eigenvalue weighted by molar-refractivity contribution is 0.298. The van der Waals surface area contributed by atoms with Crippen LogP contribution in [0.3, 0.4) is 0 Å². The third kappa shape index (κ3) is 4.08. The molecular weight excluding hydrogens is 362 g/mol. The van der Waals surface area contributed by atoms with Crippen molar-refractivity contribution in [2.24, 2.45) is 0 Å². The topological polar surface area (TPSA) is 55.2 Å². The first kappa shape index (κ1) is 21.1. The van der Waals surface area contributed by atoms with Gasteiger partial charge in [0.05, 0.1) is 12.3 Å². The van der Waals surface area contributed by atoms with Crippen molar-refractivity contribution < 1.29 is 4.74 Å². The monoisotopic (exact) mass is 395 g/mol. The Hall–Kier alpha value is -2.60. The maximum absolute atomic E-state index is 5.60. The molecule has 0 spiro atoms. The molecule has 0 aliphatic heterocycles. The van der Waals surface area contributed by atoms with E-state index < -0.39 is 0 Å². The molecule has 3 rings (SSSR count). The predicted octanol–water partition coefficient (Wildman–Crippen LogP) is 4.50. The summed E-state index contributed by atoms with van der Waals surface area (Å²) in [6.45, 7) is 12.0. The van der Waals surface area contributed by atoms with Gasteiger partial charge in [0.2, 0.25) is 0 Å². The molecule has 1 atom stereocenters. The summed E-state index contributed by atoms with van der Waals surface area (Å²) in [6, 6.07) is 8.70. The highest BCUT2D eigenvalue weighted by atomic mass is 16.5. The highest BCUT2D eigenvalue weighted by molar-refractivity contribution is 5.98. The average Bonchev–Trinajstić information content (AvgIpc) is 2.96. The summed E-state index contributed by atoms with van der Waals surface area (Å²) >= 11 is 0. The second-order valence-electron chi connectivity index (χ2n) is 7.72. The van der Waals surface area contributed by atoms with E-state index in [1.54, 1.807) is 0 Å². The molecule has 156 valence electrons. The summed E-state index contributed by atoms with van der Waals surface area (Å²) in [5, 5.41) is 14.8. The van der Waals surface area contributed by atoms with E-state index in [0.29, 0.717) is 12.6 Å². The van der Waals surface area contributed by atoms with Crippen molar-refractivity contribution in [1.29, 1.82) is 0 Å². The zero-order valence-electron chi connectivity index (χ0n) is 18.7. The van der Waals surface area contributed by atoms with Crippen LogP contribution in [0.15, 0.2) is 24.3 Å². The maximum Gasteiger partial charge on any atom is 0.158 e. The van der Waals surface area contributed by atoms with Crippen LogP contribution in [0.4, 0.5) is 5.82 Å². The lowest BCUT2D eigenvalue weighted by Crippen LogP contribution is -2.34. The highest BCUT2D eigenvalue weighted by Crippen LogP contribution is 2.34. The van der Waals surface area contributed by atoms with Crippen molar-refractivity contribution in [3.63, 3.8) is 0 Å². The molecule has 0 fully saturated rings. The van der Waals surface area contributed by atoms with Crippen molar-refractivity contribution >= 4 is 16.6 Å². The standard InChI is InChI=1S/C23H33N5O/c1-8-18(27(6)7)14-24-23-22-17(5)28(16(4)21(22)15(3)25-26-23)19-10-12-20(13-11-19)29-9-2/h10-13,18H,8-9,14H2,1-7H3,(H,24,26). The number of aryl methyl sites for hydroxylation is 3. The van der Waals surface area contributed by atoms with E-state index in [2.05, 4.69) is 72.0 Å². The molecule has 0 radical (unpaired) electrons. The SMILES string of the molecule is CCOc1ccc(-n2c(C)c3c(C)nnc(NCC(CC)N(C)C)c3c2C)cc1. The summed E-state index contributed by atoms with van der Waals surface area (Å²) in [5.41, 5.74) is 4.41. The Labute approximate surface area is 173 Å². The van der Waals surface area contributed by atoms with Crippen LogP contribution >= 0.6 is 0 Å². The van der Waals surface area contributed by atoms with Gasteiger partial charge in [-0.15, -0.1) is 5.10 Å². The average molecular weight is 396 g/mol. The first-order valence-corrected chi connectivity index (χ1v) is 10.4. The zero-order valence-corrected chi connectivity index (χ0v) is 18.7. The molecule has 2 heterocycles. The number of fused-ring (bicyclic) bond motifs is 1. The molecule has 29 heavy (non-hydrogen) atoms.